The van der Waals surface area contributed by atoms with Crippen LogP contribution < -0.4 is 14.2 Å². The number of likely N-dealkylation sites (tertiary alicyclic amines) is 1. The molecule has 1 aliphatic rings. The SMILES string of the molecule is CCCCCOc1ccc(C2/C(=C(\O)c3ccc(OCCCC)cc3)C(=O)C(=O)N2Cc2ccco2)cc1OC. The van der Waals surface area contributed by atoms with E-state index in [2.05, 4.69) is 13.8 Å². The first-order valence-electron chi connectivity index (χ1n) is 13.8. The van der Waals surface area contributed by atoms with Crippen molar-refractivity contribution >= 4 is 17.4 Å². The van der Waals surface area contributed by atoms with Crippen molar-refractivity contribution < 1.29 is 33.3 Å². The number of Topliss-reactive ketones (excluding diaryl/α,β-unsaturated/α-hetero) is 1. The van der Waals surface area contributed by atoms with Crippen molar-refractivity contribution in [1.82, 2.24) is 4.90 Å². The van der Waals surface area contributed by atoms with Crippen LogP contribution >= 0.6 is 0 Å². The summed E-state index contributed by atoms with van der Waals surface area (Å²) in [4.78, 5) is 28.1. The largest absolute Gasteiger partial charge is 0.507 e. The molecule has 0 saturated carbocycles. The van der Waals surface area contributed by atoms with Gasteiger partial charge in [-0.3, -0.25) is 9.59 Å². The molecule has 1 N–H and O–H groups in total. The second kappa shape index (κ2) is 13.7. The fourth-order valence-electron chi connectivity index (χ4n) is 4.67. The highest BCUT2D eigenvalue weighted by molar-refractivity contribution is 6.46. The van der Waals surface area contributed by atoms with Gasteiger partial charge in [0.2, 0.25) is 0 Å². The van der Waals surface area contributed by atoms with E-state index in [1.807, 2.05) is 0 Å². The molecule has 0 bridgehead atoms. The Bertz CT molecular complexity index is 1310. The summed E-state index contributed by atoms with van der Waals surface area (Å²) in [6, 6.07) is 14.8. The highest BCUT2D eigenvalue weighted by Gasteiger charge is 2.46. The number of hydrogen-bond acceptors (Lipinski definition) is 7. The van der Waals surface area contributed by atoms with Crippen molar-refractivity contribution in [3.05, 3.63) is 83.3 Å². The first-order chi connectivity index (χ1) is 19.5. The Labute approximate surface area is 235 Å². The quantitative estimate of drug-likeness (QED) is 0.104. The first-order valence-corrected chi connectivity index (χ1v) is 13.8. The summed E-state index contributed by atoms with van der Waals surface area (Å²) in [7, 11) is 1.54. The van der Waals surface area contributed by atoms with Crippen LogP contribution in [-0.4, -0.2) is 42.0 Å². The number of benzene rings is 2. The maximum absolute atomic E-state index is 13.4. The average Bonchev–Trinajstić information content (AvgIpc) is 3.58. The molecule has 2 aromatic carbocycles. The van der Waals surface area contributed by atoms with E-state index in [-0.39, 0.29) is 17.9 Å². The van der Waals surface area contributed by atoms with Crippen molar-refractivity contribution in [2.75, 3.05) is 20.3 Å². The summed E-state index contributed by atoms with van der Waals surface area (Å²) in [5.74, 6) is 0.486. The summed E-state index contributed by atoms with van der Waals surface area (Å²) < 4.78 is 22.7. The Morgan fingerprint density at radius 2 is 1.68 bits per heavy atom. The van der Waals surface area contributed by atoms with Crippen LogP contribution in [-0.2, 0) is 16.1 Å². The van der Waals surface area contributed by atoms with E-state index in [1.165, 1.54) is 11.2 Å². The molecule has 1 aliphatic heterocycles. The van der Waals surface area contributed by atoms with Crippen LogP contribution in [0.3, 0.4) is 0 Å². The lowest BCUT2D eigenvalue weighted by molar-refractivity contribution is -0.140. The smallest absolute Gasteiger partial charge is 0.296 e. The maximum Gasteiger partial charge on any atom is 0.296 e. The maximum atomic E-state index is 13.4. The van der Waals surface area contributed by atoms with Crippen LogP contribution in [0.4, 0.5) is 0 Å². The molecule has 1 aromatic heterocycles. The molecule has 1 amide bonds. The second-order valence-electron chi connectivity index (χ2n) is 9.70. The third-order valence-corrected chi connectivity index (χ3v) is 6.85. The van der Waals surface area contributed by atoms with Gasteiger partial charge in [0, 0.05) is 5.56 Å². The number of ether oxygens (including phenoxy) is 3. The van der Waals surface area contributed by atoms with Gasteiger partial charge in [-0.1, -0.05) is 39.2 Å². The molecular formula is C32H37NO7. The van der Waals surface area contributed by atoms with Crippen LogP contribution in [0.15, 0.2) is 70.9 Å². The van der Waals surface area contributed by atoms with Gasteiger partial charge in [-0.25, -0.2) is 0 Å². The zero-order valence-electron chi connectivity index (χ0n) is 23.4. The number of amides is 1. The third kappa shape index (κ3) is 6.50. The Morgan fingerprint density at radius 3 is 2.35 bits per heavy atom. The normalized spacial score (nSPS) is 16.4. The van der Waals surface area contributed by atoms with E-state index in [4.69, 9.17) is 18.6 Å². The van der Waals surface area contributed by atoms with Crippen molar-refractivity contribution in [1.29, 1.82) is 0 Å². The van der Waals surface area contributed by atoms with Gasteiger partial charge in [0.05, 0.1) is 44.7 Å². The standard InChI is InChI=1S/C32H37NO7/c1-4-6-8-18-40-26-16-13-23(20-27(26)37-3)29-28(31(35)32(36)33(29)21-25-10-9-19-39-25)30(34)22-11-14-24(15-12-22)38-17-7-5-2/h9-16,19-20,29,34H,4-8,17-18,21H2,1-3H3/b30-28+. The monoisotopic (exact) mass is 547 g/mol. The Morgan fingerprint density at radius 1 is 0.925 bits per heavy atom. The minimum Gasteiger partial charge on any atom is -0.507 e. The number of carbonyl (C=O) groups excluding carboxylic acids is 2. The number of methoxy groups -OCH3 is 1. The number of rotatable bonds is 14. The summed E-state index contributed by atoms with van der Waals surface area (Å²) in [6.45, 7) is 5.43. The predicted octanol–water partition coefficient (Wildman–Crippen LogP) is 6.66. The van der Waals surface area contributed by atoms with Crippen LogP contribution in [0.5, 0.6) is 17.2 Å². The topological polar surface area (TPSA) is 98.4 Å². The number of hydrogen-bond donors (Lipinski definition) is 1. The van der Waals surface area contributed by atoms with Gasteiger partial charge in [-0.05, 0) is 66.9 Å². The lowest BCUT2D eigenvalue weighted by Gasteiger charge is -2.25. The minimum atomic E-state index is -0.867. The molecule has 212 valence electrons. The molecule has 4 rings (SSSR count). The van der Waals surface area contributed by atoms with E-state index in [1.54, 1.807) is 61.7 Å². The number of ketones is 1. The Hall–Kier alpha value is -4.20. The van der Waals surface area contributed by atoms with E-state index >= 15 is 0 Å². The molecule has 1 fully saturated rings. The molecule has 1 unspecified atom stereocenters. The molecule has 2 heterocycles. The predicted molar refractivity (Wildman–Crippen MR) is 151 cm³/mol. The Kier molecular flexibility index (Phi) is 9.89. The molecule has 40 heavy (non-hydrogen) atoms. The van der Waals surface area contributed by atoms with Crippen LogP contribution in [0.25, 0.3) is 5.76 Å². The molecule has 0 aliphatic carbocycles. The van der Waals surface area contributed by atoms with Gasteiger partial charge >= 0.3 is 0 Å². The number of carbonyl (C=O) groups is 2. The van der Waals surface area contributed by atoms with Crippen molar-refractivity contribution in [3.8, 4) is 17.2 Å². The number of nitrogens with zero attached hydrogens (tertiary/aromatic N) is 1. The first kappa shape index (κ1) is 28.8. The lowest BCUT2D eigenvalue weighted by atomic mass is 9.95. The van der Waals surface area contributed by atoms with E-state index in [9.17, 15) is 14.7 Å². The van der Waals surface area contributed by atoms with Crippen molar-refractivity contribution in [3.63, 3.8) is 0 Å². The van der Waals surface area contributed by atoms with Gasteiger partial charge in [-0.2, -0.15) is 0 Å². The molecule has 3 aromatic rings. The van der Waals surface area contributed by atoms with Gasteiger partial charge in [0.1, 0.15) is 17.3 Å². The van der Waals surface area contributed by atoms with Crippen LogP contribution in [0.1, 0.15) is 68.9 Å². The van der Waals surface area contributed by atoms with Gasteiger partial charge in [-0.15, -0.1) is 0 Å². The van der Waals surface area contributed by atoms with Crippen LogP contribution in [0, 0.1) is 0 Å². The minimum absolute atomic E-state index is 0.00475. The number of furan rings is 1. The zero-order chi connectivity index (χ0) is 28.5. The number of aliphatic hydroxyl groups is 1. The number of aliphatic hydroxyl groups excluding tert-OH is 1. The molecule has 8 heteroatoms. The summed E-state index contributed by atoms with van der Waals surface area (Å²) in [5.41, 5.74) is 1.01. The molecule has 1 atom stereocenters. The lowest BCUT2D eigenvalue weighted by Crippen LogP contribution is -2.29. The van der Waals surface area contributed by atoms with E-state index in [0.29, 0.717) is 47.3 Å². The van der Waals surface area contributed by atoms with Gasteiger partial charge in [0.15, 0.2) is 11.5 Å². The van der Waals surface area contributed by atoms with Crippen molar-refractivity contribution in [2.45, 2.75) is 58.5 Å². The van der Waals surface area contributed by atoms with Gasteiger partial charge in [0.25, 0.3) is 11.7 Å². The zero-order valence-corrected chi connectivity index (χ0v) is 23.4. The summed E-state index contributed by atoms with van der Waals surface area (Å²) in [5, 5.41) is 11.4. The van der Waals surface area contributed by atoms with E-state index < -0.39 is 17.7 Å². The molecule has 0 spiro atoms. The summed E-state index contributed by atoms with van der Waals surface area (Å²) in [6.07, 6.45) is 6.54. The molecule has 0 radical (unpaired) electrons. The highest BCUT2D eigenvalue weighted by Crippen LogP contribution is 2.43. The molecule has 1 saturated heterocycles. The molecular weight excluding hydrogens is 510 g/mol. The third-order valence-electron chi connectivity index (χ3n) is 6.85. The van der Waals surface area contributed by atoms with Crippen LogP contribution in [0.2, 0.25) is 0 Å². The highest BCUT2D eigenvalue weighted by atomic mass is 16.5. The fraction of sp³-hybridized carbons (Fsp3) is 0.375. The summed E-state index contributed by atoms with van der Waals surface area (Å²) >= 11 is 0. The second-order valence-corrected chi connectivity index (χ2v) is 9.70. The molecule has 8 nitrogen and oxygen atoms in total. The van der Waals surface area contributed by atoms with Crippen molar-refractivity contribution in [2.24, 2.45) is 0 Å². The van der Waals surface area contributed by atoms with E-state index in [0.717, 1.165) is 32.1 Å². The fourth-order valence-corrected chi connectivity index (χ4v) is 4.67. The number of unbranched alkanes of at least 4 members (excludes halogenated alkanes) is 3. The average molecular weight is 548 g/mol. The van der Waals surface area contributed by atoms with Gasteiger partial charge < -0.3 is 28.6 Å². The Balaban J connectivity index is 1.72.